The number of nitrogen functional groups attached to an aromatic ring is 1. The number of hydrogen-bond donors (Lipinski definition) is 10. The van der Waals surface area contributed by atoms with Gasteiger partial charge in [-0.1, -0.05) is 50.2 Å². The minimum absolute atomic E-state index is 0.0643. The van der Waals surface area contributed by atoms with Crippen molar-refractivity contribution >= 4 is 58.9 Å². The minimum atomic E-state index is -1.30. The Morgan fingerprint density at radius 2 is 1.19 bits per heavy atom. The predicted molar refractivity (Wildman–Crippen MR) is 222 cm³/mol. The van der Waals surface area contributed by atoms with Gasteiger partial charge in [-0.25, -0.2) is 9.38 Å². The van der Waals surface area contributed by atoms with Gasteiger partial charge in [0.1, 0.15) is 30.0 Å². The van der Waals surface area contributed by atoms with E-state index in [0.29, 0.717) is 34.5 Å². The van der Waals surface area contributed by atoms with Gasteiger partial charge in [-0.05, 0) is 84.3 Å². The van der Waals surface area contributed by atoms with E-state index < -0.39 is 59.5 Å². The molecule has 0 aromatic heterocycles. The van der Waals surface area contributed by atoms with Crippen molar-refractivity contribution in [3.63, 3.8) is 0 Å². The minimum Gasteiger partial charge on any atom is -0.399 e. The Bertz CT molecular complexity index is 1940. The highest BCUT2D eigenvalue weighted by atomic mass is 19.1. The highest BCUT2D eigenvalue weighted by molar-refractivity contribution is 5.98. The maximum atomic E-state index is 14.2. The van der Waals surface area contributed by atoms with E-state index in [0.717, 1.165) is 0 Å². The molecular weight excluding hydrogens is 748 g/mol. The van der Waals surface area contributed by atoms with Crippen LogP contribution in [0.4, 0.5) is 15.8 Å². The van der Waals surface area contributed by atoms with E-state index >= 15 is 0 Å². The Morgan fingerprint density at radius 1 is 0.672 bits per heavy atom. The fourth-order valence-corrected chi connectivity index (χ4v) is 5.67. The summed E-state index contributed by atoms with van der Waals surface area (Å²) < 4.78 is 13.8. The summed E-state index contributed by atoms with van der Waals surface area (Å²) >= 11 is 0. The molecule has 0 spiro atoms. The van der Waals surface area contributed by atoms with Crippen LogP contribution in [0.5, 0.6) is 0 Å². The zero-order chi connectivity index (χ0) is 42.8. The second-order valence-corrected chi connectivity index (χ2v) is 14.0. The lowest BCUT2D eigenvalue weighted by Gasteiger charge is -2.27. The summed E-state index contributed by atoms with van der Waals surface area (Å²) in [4.78, 5) is 75.2. The standard InChI is InChI=1S/C40H53FN12O5/c1-23(2)20-31(36(56)51-30(35(43)55)4-3-19-48-39(44)45)52-38(58)33(22-26-9-16-29(17-10-26)49-40(46)47)53-37(57)32(21-25-5-12-27(41)13-6-25)50-34(54)18-11-24-7-14-28(42)15-8-24/h5-18,23,30-33H,3-4,19-22,42H2,1-2H3,(H2,43,55)(H,50,54)(H,51,56)(H,52,58)(H,53,57)(H4,44,45,48)(H4,46,47,49)/b18-11+/t30-,31-,32-,33-/m0/s1. The van der Waals surface area contributed by atoms with Crippen LogP contribution in [0.1, 0.15) is 49.8 Å². The average Bonchev–Trinajstić information content (AvgIpc) is 3.15. The number of halogens is 1. The second kappa shape index (κ2) is 22.5. The Balaban J connectivity index is 1.92. The number of nitrogens with zero attached hydrogens (tertiary/aromatic N) is 2. The van der Waals surface area contributed by atoms with E-state index in [1.54, 1.807) is 48.5 Å². The summed E-state index contributed by atoms with van der Waals surface area (Å²) in [6.45, 7) is 3.88. The van der Waals surface area contributed by atoms with Gasteiger partial charge in [-0.15, -0.1) is 0 Å². The first-order chi connectivity index (χ1) is 27.5. The third-order valence-electron chi connectivity index (χ3n) is 8.56. The van der Waals surface area contributed by atoms with Gasteiger partial charge in [0.2, 0.25) is 29.5 Å². The number of benzene rings is 3. The zero-order valence-corrected chi connectivity index (χ0v) is 32.5. The molecule has 0 aliphatic heterocycles. The number of aliphatic imine (C=N–C) groups is 2. The first kappa shape index (κ1) is 45.4. The van der Waals surface area contributed by atoms with E-state index in [1.165, 1.54) is 36.4 Å². The van der Waals surface area contributed by atoms with Crippen LogP contribution in [0.25, 0.3) is 6.08 Å². The molecule has 310 valence electrons. The number of hydrogen-bond acceptors (Lipinski definition) is 8. The fraction of sp³-hybridized carbons (Fsp3) is 0.325. The molecule has 0 bridgehead atoms. The number of nitrogens with two attached hydrogens (primary N) is 6. The van der Waals surface area contributed by atoms with Crippen molar-refractivity contribution in [3.8, 4) is 0 Å². The van der Waals surface area contributed by atoms with Gasteiger partial charge in [0.15, 0.2) is 11.9 Å². The van der Waals surface area contributed by atoms with Crippen LogP contribution in [-0.2, 0) is 36.8 Å². The number of guanidine groups is 2. The summed E-state index contributed by atoms with van der Waals surface area (Å²) in [5, 5.41) is 10.8. The van der Waals surface area contributed by atoms with Crippen LogP contribution in [0.2, 0.25) is 0 Å². The molecule has 3 aromatic rings. The lowest BCUT2D eigenvalue weighted by Crippen LogP contribution is -2.59. The highest BCUT2D eigenvalue weighted by Crippen LogP contribution is 2.16. The molecule has 4 atom stereocenters. The number of amides is 5. The normalized spacial score (nSPS) is 13.0. The Labute approximate surface area is 336 Å². The van der Waals surface area contributed by atoms with Crippen molar-refractivity contribution < 1.29 is 28.4 Å². The van der Waals surface area contributed by atoms with E-state index in [-0.39, 0.29) is 50.1 Å². The maximum absolute atomic E-state index is 14.2. The Kier molecular flexibility index (Phi) is 17.6. The molecule has 5 amide bonds. The quantitative estimate of drug-likeness (QED) is 0.0232. The molecule has 16 N–H and O–H groups in total. The second-order valence-electron chi connectivity index (χ2n) is 14.0. The summed E-state index contributed by atoms with van der Waals surface area (Å²) in [6, 6.07) is 13.9. The molecule has 17 nitrogen and oxygen atoms in total. The topological polar surface area (TPSA) is 314 Å². The number of primary amides is 1. The molecule has 18 heteroatoms. The molecule has 0 heterocycles. The van der Waals surface area contributed by atoms with Crippen LogP contribution in [-0.4, -0.2) is 72.2 Å². The molecule has 0 aliphatic rings. The molecule has 0 aliphatic carbocycles. The first-order valence-corrected chi connectivity index (χ1v) is 18.5. The van der Waals surface area contributed by atoms with Crippen molar-refractivity contribution in [2.75, 3.05) is 12.3 Å². The predicted octanol–water partition coefficient (Wildman–Crippen LogP) is 0.336. The van der Waals surface area contributed by atoms with Gasteiger partial charge in [-0.2, -0.15) is 0 Å². The summed E-state index contributed by atoms with van der Waals surface area (Å²) in [5.74, 6) is -4.43. The van der Waals surface area contributed by atoms with Gasteiger partial charge in [0, 0.05) is 31.1 Å². The third-order valence-corrected chi connectivity index (χ3v) is 8.56. The summed E-state index contributed by atoms with van der Waals surface area (Å²) in [7, 11) is 0. The monoisotopic (exact) mass is 800 g/mol. The molecule has 58 heavy (non-hydrogen) atoms. The van der Waals surface area contributed by atoms with E-state index in [1.807, 2.05) is 13.8 Å². The van der Waals surface area contributed by atoms with Gasteiger partial charge < -0.3 is 55.7 Å². The lowest BCUT2D eigenvalue weighted by atomic mass is 9.99. The molecule has 0 saturated carbocycles. The van der Waals surface area contributed by atoms with Crippen LogP contribution in [0, 0.1) is 11.7 Å². The number of carbonyl (C=O) groups is 5. The zero-order valence-electron chi connectivity index (χ0n) is 32.5. The van der Waals surface area contributed by atoms with Crippen molar-refractivity contribution in [2.24, 2.45) is 44.6 Å². The van der Waals surface area contributed by atoms with E-state index in [4.69, 9.17) is 34.4 Å². The molecule has 0 saturated heterocycles. The average molecular weight is 801 g/mol. The fourth-order valence-electron chi connectivity index (χ4n) is 5.67. The van der Waals surface area contributed by atoms with Gasteiger partial charge >= 0.3 is 0 Å². The maximum Gasteiger partial charge on any atom is 0.244 e. The number of carbonyl (C=O) groups excluding carboxylic acids is 5. The van der Waals surface area contributed by atoms with Gasteiger partial charge in [0.25, 0.3) is 0 Å². The van der Waals surface area contributed by atoms with Crippen LogP contribution in [0.3, 0.4) is 0 Å². The Hall–Kier alpha value is -6.98. The number of rotatable bonds is 21. The highest BCUT2D eigenvalue weighted by Gasteiger charge is 2.31. The van der Waals surface area contributed by atoms with Crippen molar-refractivity contribution in [3.05, 3.63) is 101 Å². The molecular formula is C40H53FN12O5. The molecule has 3 aromatic carbocycles. The summed E-state index contributed by atoms with van der Waals surface area (Å²) in [5.41, 5.74) is 35.9. The van der Waals surface area contributed by atoms with Crippen molar-refractivity contribution in [1.82, 2.24) is 21.3 Å². The first-order valence-electron chi connectivity index (χ1n) is 18.5. The van der Waals surface area contributed by atoms with Gasteiger partial charge in [0.05, 0.1) is 5.69 Å². The SMILES string of the molecule is CC(C)C[C@H](NC(=O)[C@H](Cc1ccc(N=C(N)N)cc1)NC(=O)[C@H](Cc1ccc(F)cc1)NC(=O)/C=C/c1ccc(N)cc1)C(=O)N[C@@H](CCCN=C(N)N)C(N)=O. The molecule has 0 fully saturated rings. The molecule has 3 rings (SSSR count). The summed E-state index contributed by atoms with van der Waals surface area (Å²) in [6.07, 6.45) is 3.27. The number of anilines is 1. The smallest absolute Gasteiger partial charge is 0.244 e. The van der Waals surface area contributed by atoms with E-state index in [2.05, 4.69) is 31.3 Å². The van der Waals surface area contributed by atoms with E-state index in [9.17, 15) is 28.4 Å². The largest absolute Gasteiger partial charge is 0.399 e. The lowest BCUT2D eigenvalue weighted by molar-refractivity contribution is -0.134. The Morgan fingerprint density at radius 3 is 1.72 bits per heavy atom. The van der Waals surface area contributed by atoms with Crippen molar-refractivity contribution in [1.29, 1.82) is 0 Å². The van der Waals surface area contributed by atoms with Crippen LogP contribution >= 0.6 is 0 Å². The molecule has 0 radical (unpaired) electrons. The van der Waals surface area contributed by atoms with Gasteiger partial charge in [-0.3, -0.25) is 29.0 Å². The van der Waals surface area contributed by atoms with Crippen LogP contribution in [0.15, 0.2) is 88.9 Å². The number of nitrogens with one attached hydrogen (secondary N) is 4. The van der Waals surface area contributed by atoms with Crippen molar-refractivity contribution in [2.45, 2.75) is 70.1 Å². The third kappa shape index (κ3) is 16.4. The molecule has 0 unspecified atom stereocenters. The van der Waals surface area contributed by atoms with Crippen LogP contribution < -0.4 is 55.7 Å².